The normalized spacial score (nSPS) is 23.1. The molecule has 0 spiro atoms. The van der Waals surface area contributed by atoms with Gasteiger partial charge in [-0.3, -0.25) is 4.79 Å². The Morgan fingerprint density at radius 3 is 2.89 bits per heavy atom. The van der Waals surface area contributed by atoms with E-state index >= 15 is 0 Å². The maximum atomic E-state index is 13.2. The highest BCUT2D eigenvalue weighted by atomic mass is 35.5. The summed E-state index contributed by atoms with van der Waals surface area (Å²) in [5, 5.41) is 2.87. The smallest absolute Gasteiger partial charge is 0.252 e. The molecule has 0 aromatic heterocycles. The zero-order valence-corrected chi connectivity index (χ0v) is 11.3. The molecule has 0 heterocycles. The third-order valence-electron chi connectivity index (χ3n) is 3.22. The van der Waals surface area contributed by atoms with Crippen molar-refractivity contribution in [2.24, 2.45) is 5.92 Å². The topological polar surface area (TPSA) is 29.1 Å². The Balaban J connectivity index is 1.94. The maximum absolute atomic E-state index is 13.2. The molecule has 0 saturated heterocycles. The predicted molar refractivity (Wildman–Crippen MR) is 70.7 cm³/mol. The minimum Gasteiger partial charge on any atom is -0.352 e. The van der Waals surface area contributed by atoms with E-state index < -0.39 is 5.82 Å². The van der Waals surface area contributed by atoms with Crippen molar-refractivity contribution in [1.82, 2.24) is 5.32 Å². The molecule has 1 aliphatic rings. The number of hydrogen-bond donors (Lipinski definition) is 1. The van der Waals surface area contributed by atoms with Crippen molar-refractivity contribution in [2.75, 3.05) is 6.54 Å². The lowest BCUT2D eigenvalue weighted by Crippen LogP contribution is -2.28. The lowest BCUT2D eigenvalue weighted by Gasteiger charge is -2.11. The quantitative estimate of drug-likeness (QED) is 0.846. The number of hydrogen-bond acceptors (Lipinski definition) is 1. The second kappa shape index (κ2) is 5.89. The van der Waals surface area contributed by atoms with Gasteiger partial charge in [0.15, 0.2) is 0 Å². The first-order chi connectivity index (χ1) is 8.58. The summed E-state index contributed by atoms with van der Waals surface area (Å²) < 4.78 is 13.2. The van der Waals surface area contributed by atoms with E-state index in [1.54, 1.807) is 0 Å². The Morgan fingerprint density at radius 2 is 2.22 bits per heavy atom. The fourth-order valence-corrected chi connectivity index (χ4v) is 2.80. The lowest BCUT2D eigenvalue weighted by atomic mass is 10.1. The van der Waals surface area contributed by atoms with Crippen LogP contribution < -0.4 is 5.32 Å². The van der Waals surface area contributed by atoms with Crippen LogP contribution in [-0.4, -0.2) is 17.8 Å². The SMILES string of the molecule is O=C(NCC1CCC(Cl)C1)c1cccc(F)c1Cl. The van der Waals surface area contributed by atoms with Crippen molar-refractivity contribution < 1.29 is 9.18 Å². The molecule has 18 heavy (non-hydrogen) atoms. The van der Waals surface area contributed by atoms with Crippen LogP contribution in [0.4, 0.5) is 4.39 Å². The minimum absolute atomic E-state index is 0.128. The van der Waals surface area contributed by atoms with Crippen molar-refractivity contribution in [3.05, 3.63) is 34.6 Å². The summed E-state index contributed by atoms with van der Waals surface area (Å²) in [7, 11) is 0. The van der Waals surface area contributed by atoms with Crippen LogP contribution in [0.2, 0.25) is 5.02 Å². The van der Waals surface area contributed by atoms with Crippen LogP contribution in [0.1, 0.15) is 29.6 Å². The Labute approximate surface area is 115 Å². The molecule has 1 amide bonds. The zero-order chi connectivity index (χ0) is 13.1. The van der Waals surface area contributed by atoms with Crippen molar-refractivity contribution in [3.63, 3.8) is 0 Å². The van der Waals surface area contributed by atoms with Crippen molar-refractivity contribution in [2.45, 2.75) is 24.6 Å². The number of carbonyl (C=O) groups excluding carboxylic acids is 1. The number of rotatable bonds is 3. The van der Waals surface area contributed by atoms with E-state index in [1.807, 2.05) is 0 Å². The molecule has 0 radical (unpaired) electrons. The van der Waals surface area contributed by atoms with Gasteiger partial charge in [-0.1, -0.05) is 17.7 Å². The van der Waals surface area contributed by atoms with Crippen LogP contribution in [0.25, 0.3) is 0 Å². The molecule has 1 fully saturated rings. The van der Waals surface area contributed by atoms with Crippen LogP contribution in [0.15, 0.2) is 18.2 Å². The second-order valence-corrected chi connectivity index (χ2v) is 5.58. The van der Waals surface area contributed by atoms with Gasteiger partial charge in [-0.25, -0.2) is 4.39 Å². The number of nitrogens with one attached hydrogen (secondary N) is 1. The summed E-state index contributed by atoms with van der Waals surface area (Å²) in [5.41, 5.74) is 0.178. The molecule has 2 unspecified atom stereocenters. The third kappa shape index (κ3) is 3.15. The van der Waals surface area contributed by atoms with Gasteiger partial charge in [-0.05, 0) is 37.3 Å². The van der Waals surface area contributed by atoms with Crippen molar-refractivity contribution >= 4 is 29.1 Å². The van der Waals surface area contributed by atoms with Gasteiger partial charge in [-0.15, -0.1) is 11.6 Å². The molecule has 0 bridgehead atoms. The van der Waals surface area contributed by atoms with Gasteiger partial charge in [0.1, 0.15) is 5.82 Å². The Hall–Kier alpha value is -0.800. The maximum Gasteiger partial charge on any atom is 0.252 e. The second-order valence-electron chi connectivity index (χ2n) is 4.59. The summed E-state index contributed by atoms with van der Waals surface area (Å²) in [6.45, 7) is 0.564. The average molecular weight is 290 g/mol. The van der Waals surface area contributed by atoms with Gasteiger partial charge >= 0.3 is 0 Å². The highest BCUT2D eigenvalue weighted by Gasteiger charge is 2.23. The molecule has 1 aromatic rings. The van der Waals surface area contributed by atoms with Crippen molar-refractivity contribution in [3.8, 4) is 0 Å². The molecular formula is C13H14Cl2FNO. The standard InChI is InChI=1S/C13H14Cl2FNO/c14-9-5-4-8(6-9)7-17-13(18)10-2-1-3-11(16)12(10)15/h1-3,8-9H,4-7H2,(H,17,18). The molecule has 98 valence electrons. The van der Waals surface area contributed by atoms with Crippen LogP contribution in [-0.2, 0) is 0 Å². The number of carbonyl (C=O) groups is 1. The van der Waals surface area contributed by atoms with E-state index in [1.165, 1.54) is 18.2 Å². The number of benzene rings is 1. The summed E-state index contributed by atoms with van der Waals surface area (Å²) in [6.07, 6.45) is 2.92. The Bertz CT molecular complexity index is 453. The van der Waals surface area contributed by atoms with E-state index in [0.29, 0.717) is 12.5 Å². The van der Waals surface area contributed by atoms with E-state index in [4.69, 9.17) is 23.2 Å². The van der Waals surface area contributed by atoms with Crippen molar-refractivity contribution in [1.29, 1.82) is 0 Å². The summed E-state index contributed by atoms with van der Waals surface area (Å²) in [6, 6.07) is 4.22. The Morgan fingerprint density at radius 1 is 1.44 bits per heavy atom. The van der Waals surface area contributed by atoms with E-state index in [9.17, 15) is 9.18 Å². The molecule has 1 N–H and O–H groups in total. The molecular weight excluding hydrogens is 276 g/mol. The largest absolute Gasteiger partial charge is 0.352 e. The van der Waals surface area contributed by atoms with Crippen LogP contribution >= 0.6 is 23.2 Å². The van der Waals surface area contributed by atoms with E-state index in [0.717, 1.165) is 19.3 Å². The first-order valence-electron chi connectivity index (χ1n) is 5.94. The van der Waals surface area contributed by atoms with Crippen LogP contribution in [0, 0.1) is 11.7 Å². The van der Waals surface area contributed by atoms with Gasteiger partial charge < -0.3 is 5.32 Å². The number of amides is 1. The average Bonchev–Trinajstić information content (AvgIpc) is 2.76. The molecule has 2 rings (SSSR count). The summed E-state index contributed by atoms with van der Waals surface area (Å²) in [4.78, 5) is 11.9. The van der Waals surface area contributed by atoms with Crippen LogP contribution in [0.3, 0.4) is 0 Å². The van der Waals surface area contributed by atoms with Gasteiger partial charge in [0, 0.05) is 11.9 Å². The molecule has 1 saturated carbocycles. The van der Waals surface area contributed by atoms with Crippen LogP contribution in [0.5, 0.6) is 0 Å². The van der Waals surface area contributed by atoms with Gasteiger partial charge in [0.05, 0.1) is 10.6 Å². The van der Waals surface area contributed by atoms with Gasteiger partial charge in [0.25, 0.3) is 5.91 Å². The number of halogens is 3. The minimum atomic E-state index is -0.578. The molecule has 1 aromatic carbocycles. The van der Waals surface area contributed by atoms with Gasteiger partial charge in [-0.2, -0.15) is 0 Å². The fraction of sp³-hybridized carbons (Fsp3) is 0.462. The monoisotopic (exact) mass is 289 g/mol. The predicted octanol–water partition coefficient (Wildman–Crippen LogP) is 3.62. The lowest BCUT2D eigenvalue weighted by molar-refractivity contribution is 0.0947. The molecule has 2 atom stereocenters. The highest BCUT2D eigenvalue weighted by Crippen LogP contribution is 2.29. The summed E-state index contributed by atoms with van der Waals surface area (Å²) in [5.74, 6) is -0.507. The molecule has 2 nitrogen and oxygen atoms in total. The fourth-order valence-electron chi connectivity index (χ4n) is 2.21. The van der Waals surface area contributed by atoms with E-state index in [-0.39, 0.29) is 21.9 Å². The third-order valence-corrected chi connectivity index (χ3v) is 4.01. The summed E-state index contributed by atoms with van der Waals surface area (Å²) >= 11 is 11.8. The highest BCUT2D eigenvalue weighted by molar-refractivity contribution is 6.34. The first kappa shape index (κ1) is 13.6. The molecule has 1 aliphatic carbocycles. The molecule has 5 heteroatoms. The number of alkyl halides is 1. The first-order valence-corrected chi connectivity index (χ1v) is 6.75. The zero-order valence-electron chi connectivity index (χ0n) is 9.76. The van der Waals surface area contributed by atoms with E-state index in [2.05, 4.69) is 5.32 Å². The molecule has 0 aliphatic heterocycles. The van der Waals surface area contributed by atoms with Gasteiger partial charge in [0.2, 0.25) is 0 Å². The Kier molecular flexibility index (Phi) is 4.46.